The largest absolute Gasteiger partial charge is 0.330 e. The molecule has 0 aliphatic carbocycles. The van der Waals surface area contributed by atoms with Gasteiger partial charge in [-0.3, -0.25) is 4.79 Å². The van der Waals surface area contributed by atoms with E-state index in [1.54, 1.807) is 48.7 Å². The zero-order chi connectivity index (χ0) is 24.4. The Bertz CT molecular complexity index is 1610. The summed E-state index contributed by atoms with van der Waals surface area (Å²) in [6, 6.07) is 30.8. The fourth-order valence-corrected chi connectivity index (χ4v) is 5.69. The molecule has 0 amide bonds. The molecule has 1 heterocycles. The number of nitrogens with two attached hydrogens (primary N) is 1. The molecule has 2 N–H and O–H groups in total. The van der Waals surface area contributed by atoms with Crippen LogP contribution in [0.5, 0.6) is 0 Å². The Morgan fingerprint density at radius 2 is 1.34 bits per heavy atom. The van der Waals surface area contributed by atoms with Crippen LogP contribution in [-0.4, -0.2) is 24.7 Å². The summed E-state index contributed by atoms with van der Waals surface area (Å²) in [5.41, 5.74) is 10.5. The van der Waals surface area contributed by atoms with Crippen LogP contribution < -0.4 is 5.73 Å². The molecule has 0 aliphatic heterocycles. The van der Waals surface area contributed by atoms with Gasteiger partial charge in [-0.15, -0.1) is 0 Å². The van der Waals surface area contributed by atoms with E-state index < -0.39 is 10.0 Å². The van der Waals surface area contributed by atoms with Gasteiger partial charge in [0.25, 0.3) is 10.0 Å². The van der Waals surface area contributed by atoms with Crippen molar-refractivity contribution in [2.75, 3.05) is 6.54 Å². The third kappa shape index (κ3) is 4.30. The molecule has 5 nitrogen and oxygen atoms in total. The van der Waals surface area contributed by atoms with Crippen molar-refractivity contribution >= 4 is 26.7 Å². The van der Waals surface area contributed by atoms with E-state index in [-0.39, 0.29) is 10.7 Å². The number of rotatable bonds is 7. The quantitative estimate of drug-likeness (QED) is 0.322. The maximum absolute atomic E-state index is 13.3. The number of carbonyl (C=O) groups is 1. The Hall–Kier alpha value is -4.00. The molecule has 0 atom stereocenters. The second-order valence-corrected chi connectivity index (χ2v) is 10.1. The van der Waals surface area contributed by atoms with Gasteiger partial charge in [0.1, 0.15) is 0 Å². The van der Waals surface area contributed by atoms with Crippen LogP contribution in [0.25, 0.3) is 22.0 Å². The van der Waals surface area contributed by atoms with E-state index in [9.17, 15) is 13.2 Å². The first kappa shape index (κ1) is 22.8. The van der Waals surface area contributed by atoms with Gasteiger partial charge in [0.05, 0.1) is 10.4 Å². The summed E-state index contributed by atoms with van der Waals surface area (Å²) >= 11 is 0. The van der Waals surface area contributed by atoms with E-state index in [0.29, 0.717) is 29.6 Å². The molecule has 5 rings (SSSR count). The number of ketones is 1. The van der Waals surface area contributed by atoms with Gasteiger partial charge < -0.3 is 5.73 Å². The molecule has 0 fully saturated rings. The molecule has 0 bridgehead atoms. The summed E-state index contributed by atoms with van der Waals surface area (Å²) in [6.07, 6.45) is 2.23. The number of carbonyl (C=O) groups excluding carboxylic acids is 1. The van der Waals surface area contributed by atoms with Gasteiger partial charge in [0.15, 0.2) is 5.78 Å². The van der Waals surface area contributed by atoms with Crippen LogP contribution in [0, 0.1) is 0 Å². The molecule has 0 unspecified atom stereocenters. The summed E-state index contributed by atoms with van der Waals surface area (Å²) in [7, 11) is -3.74. The summed E-state index contributed by atoms with van der Waals surface area (Å²) in [5.74, 6) is -0.0268. The van der Waals surface area contributed by atoms with Crippen LogP contribution in [0.2, 0.25) is 0 Å². The first-order valence-corrected chi connectivity index (χ1v) is 12.8. The lowest BCUT2D eigenvalue weighted by molar-refractivity contribution is 0.103. The number of nitrogens with zero attached hydrogens (tertiary/aromatic N) is 1. The van der Waals surface area contributed by atoms with Crippen molar-refractivity contribution in [3.63, 3.8) is 0 Å². The van der Waals surface area contributed by atoms with Crippen LogP contribution in [-0.2, 0) is 16.4 Å². The molecule has 174 valence electrons. The van der Waals surface area contributed by atoms with Gasteiger partial charge in [-0.05, 0) is 53.9 Å². The van der Waals surface area contributed by atoms with Crippen LogP contribution in [0.1, 0.15) is 21.5 Å². The lowest BCUT2D eigenvalue weighted by Crippen LogP contribution is -2.11. The first-order chi connectivity index (χ1) is 17.0. The Labute approximate surface area is 204 Å². The lowest BCUT2D eigenvalue weighted by Gasteiger charge is -2.09. The fraction of sp³-hybridized carbons (Fsp3) is 0.0690. The minimum absolute atomic E-state index is 0.0268. The Balaban J connectivity index is 1.54. The van der Waals surface area contributed by atoms with Gasteiger partial charge in [-0.1, -0.05) is 78.9 Å². The smallest absolute Gasteiger partial charge is 0.268 e. The molecular formula is C29H24N2O3S. The van der Waals surface area contributed by atoms with E-state index in [1.165, 1.54) is 3.97 Å². The minimum Gasteiger partial charge on any atom is -0.330 e. The molecule has 5 aromatic rings. The Morgan fingerprint density at radius 1 is 0.743 bits per heavy atom. The van der Waals surface area contributed by atoms with Crippen LogP contribution in [0.4, 0.5) is 0 Å². The van der Waals surface area contributed by atoms with E-state index >= 15 is 0 Å². The average molecular weight is 481 g/mol. The lowest BCUT2D eigenvalue weighted by atomic mass is 9.98. The second-order valence-electron chi connectivity index (χ2n) is 8.31. The predicted molar refractivity (Wildman–Crippen MR) is 139 cm³/mol. The summed E-state index contributed by atoms with van der Waals surface area (Å²) in [6.45, 7) is 0.408. The monoisotopic (exact) mass is 480 g/mol. The molecule has 4 aromatic carbocycles. The SMILES string of the molecule is NCCc1cn(S(=O)(=O)c2ccccc2)c2ccc(-c3ccc(C(=O)c4ccccc4)cc3)cc12. The molecular weight excluding hydrogens is 456 g/mol. The van der Waals surface area contributed by atoms with Gasteiger partial charge in [-0.2, -0.15) is 0 Å². The highest BCUT2D eigenvalue weighted by molar-refractivity contribution is 7.90. The van der Waals surface area contributed by atoms with Crippen LogP contribution >= 0.6 is 0 Å². The molecule has 35 heavy (non-hydrogen) atoms. The Kier molecular flexibility index (Phi) is 6.07. The van der Waals surface area contributed by atoms with Crippen molar-refractivity contribution < 1.29 is 13.2 Å². The maximum atomic E-state index is 13.3. The highest BCUT2D eigenvalue weighted by atomic mass is 32.2. The van der Waals surface area contributed by atoms with Gasteiger partial charge in [-0.25, -0.2) is 12.4 Å². The number of fused-ring (bicyclic) bond motifs is 1. The molecule has 0 aliphatic rings. The van der Waals surface area contributed by atoms with E-state index in [4.69, 9.17) is 5.73 Å². The predicted octanol–water partition coefficient (Wildman–Crippen LogP) is 5.28. The third-order valence-corrected chi connectivity index (χ3v) is 7.77. The second kappa shape index (κ2) is 9.33. The van der Waals surface area contributed by atoms with Crippen LogP contribution in [0.15, 0.2) is 114 Å². The van der Waals surface area contributed by atoms with Gasteiger partial charge in [0.2, 0.25) is 0 Å². The zero-order valence-electron chi connectivity index (χ0n) is 19.0. The van der Waals surface area contributed by atoms with Gasteiger partial charge >= 0.3 is 0 Å². The van der Waals surface area contributed by atoms with Crippen molar-refractivity contribution in [3.05, 3.63) is 126 Å². The minimum atomic E-state index is -3.74. The average Bonchev–Trinajstić information content (AvgIpc) is 3.28. The first-order valence-electron chi connectivity index (χ1n) is 11.3. The molecule has 1 aromatic heterocycles. The summed E-state index contributed by atoms with van der Waals surface area (Å²) in [4.78, 5) is 13.0. The standard InChI is InChI=1S/C29H24N2O3S/c30-18-17-25-20-31(35(33,34)26-9-5-2-6-10-26)28-16-15-24(19-27(25)28)21-11-13-23(14-12-21)29(32)22-7-3-1-4-8-22/h1-16,19-20H,17-18,30H2. The molecule has 6 heteroatoms. The highest BCUT2D eigenvalue weighted by Gasteiger charge is 2.21. The maximum Gasteiger partial charge on any atom is 0.268 e. The van der Waals surface area contributed by atoms with E-state index in [2.05, 4.69) is 0 Å². The van der Waals surface area contributed by atoms with Crippen molar-refractivity contribution in [2.24, 2.45) is 5.73 Å². The van der Waals surface area contributed by atoms with Crippen molar-refractivity contribution in [2.45, 2.75) is 11.3 Å². The molecule has 0 saturated carbocycles. The van der Waals surface area contributed by atoms with Crippen LogP contribution in [0.3, 0.4) is 0 Å². The van der Waals surface area contributed by atoms with E-state index in [1.807, 2.05) is 60.7 Å². The third-order valence-electron chi connectivity index (χ3n) is 6.08. The summed E-state index contributed by atoms with van der Waals surface area (Å²) in [5, 5.41) is 0.844. The zero-order valence-corrected chi connectivity index (χ0v) is 19.8. The number of aromatic nitrogens is 1. The number of hydrogen-bond donors (Lipinski definition) is 1. The fourth-order valence-electron chi connectivity index (χ4n) is 4.28. The van der Waals surface area contributed by atoms with E-state index in [0.717, 1.165) is 22.1 Å². The molecule has 0 spiro atoms. The van der Waals surface area contributed by atoms with Crippen molar-refractivity contribution in [1.29, 1.82) is 0 Å². The normalized spacial score (nSPS) is 11.6. The number of hydrogen-bond acceptors (Lipinski definition) is 4. The van der Waals surface area contributed by atoms with Crippen molar-refractivity contribution in [1.82, 2.24) is 3.97 Å². The topological polar surface area (TPSA) is 82.2 Å². The molecule has 0 saturated heterocycles. The Morgan fingerprint density at radius 3 is 2.00 bits per heavy atom. The van der Waals surface area contributed by atoms with Gasteiger partial charge in [0, 0.05) is 22.7 Å². The summed E-state index contributed by atoms with van der Waals surface area (Å²) < 4.78 is 28.0. The molecule has 0 radical (unpaired) electrons. The van der Waals surface area contributed by atoms with Crippen molar-refractivity contribution in [3.8, 4) is 11.1 Å². The highest BCUT2D eigenvalue weighted by Crippen LogP contribution is 2.31. The number of benzene rings is 4.